The van der Waals surface area contributed by atoms with Crippen molar-refractivity contribution in [1.82, 2.24) is 10.3 Å². The van der Waals surface area contributed by atoms with Crippen LogP contribution in [0.5, 0.6) is 0 Å². The van der Waals surface area contributed by atoms with Gasteiger partial charge in [0.2, 0.25) is 0 Å². The smallest absolute Gasteiger partial charge is 0.273 e. The van der Waals surface area contributed by atoms with E-state index in [1.54, 1.807) is 0 Å². The molecule has 3 rings (SSSR count). The minimum atomic E-state index is -0.208. The van der Waals surface area contributed by atoms with Crippen LogP contribution in [0.1, 0.15) is 28.9 Å². The fourth-order valence-electron chi connectivity index (χ4n) is 2.22. The van der Waals surface area contributed by atoms with Crippen molar-refractivity contribution in [3.05, 3.63) is 65.5 Å². The van der Waals surface area contributed by atoms with Gasteiger partial charge in [-0.2, -0.15) is 0 Å². The van der Waals surface area contributed by atoms with Crippen LogP contribution in [-0.4, -0.2) is 17.4 Å². The van der Waals surface area contributed by atoms with Crippen molar-refractivity contribution in [2.75, 3.05) is 6.54 Å². The van der Waals surface area contributed by atoms with Crippen LogP contribution >= 0.6 is 11.3 Å². The van der Waals surface area contributed by atoms with Crippen molar-refractivity contribution >= 4 is 17.2 Å². The Hall–Kier alpha value is -2.40. The third-order valence-corrected chi connectivity index (χ3v) is 4.33. The lowest BCUT2D eigenvalue weighted by Crippen LogP contribution is -2.28. The Balaban J connectivity index is 1.67. The van der Waals surface area contributed by atoms with Crippen LogP contribution in [0.4, 0.5) is 0 Å². The van der Waals surface area contributed by atoms with Gasteiger partial charge >= 0.3 is 0 Å². The van der Waals surface area contributed by atoms with Crippen LogP contribution in [-0.2, 0) is 0 Å². The zero-order valence-corrected chi connectivity index (χ0v) is 13.0. The second-order valence-corrected chi connectivity index (χ2v) is 5.98. The molecule has 0 spiro atoms. The molecule has 1 N–H and O–H groups in total. The van der Waals surface area contributed by atoms with Gasteiger partial charge in [0.25, 0.3) is 5.91 Å². The van der Waals surface area contributed by atoms with E-state index in [9.17, 15) is 4.79 Å². The zero-order chi connectivity index (χ0) is 15.4. The van der Waals surface area contributed by atoms with E-state index in [0.717, 1.165) is 4.88 Å². The fraction of sp³-hybridized carbons (Fsp3) is 0.176. The van der Waals surface area contributed by atoms with Crippen molar-refractivity contribution in [2.24, 2.45) is 0 Å². The van der Waals surface area contributed by atoms with Gasteiger partial charge in [0, 0.05) is 6.54 Å². The second kappa shape index (κ2) is 6.58. The molecule has 0 saturated heterocycles. The zero-order valence-electron chi connectivity index (χ0n) is 12.2. The molecule has 4 nitrogen and oxygen atoms in total. The third-order valence-electron chi connectivity index (χ3n) is 3.46. The summed E-state index contributed by atoms with van der Waals surface area (Å²) >= 11 is 1.52. The Kier molecular flexibility index (Phi) is 4.34. The Morgan fingerprint density at radius 2 is 2.09 bits per heavy atom. The maximum absolute atomic E-state index is 12.3. The lowest BCUT2D eigenvalue weighted by molar-refractivity contribution is 0.0947. The standard InChI is InChI=1S/C17H16N2O2S/c1-12(13-6-3-2-4-7-13)10-18-17(20)15-16(21-11-19-15)14-8-5-9-22-14/h2-9,11-12H,10H2,1H3,(H,18,20)/t12-/m1/s1. The number of rotatable bonds is 5. The molecule has 0 bridgehead atoms. The first-order valence-electron chi connectivity index (χ1n) is 7.06. The van der Waals surface area contributed by atoms with Crippen LogP contribution < -0.4 is 5.32 Å². The highest BCUT2D eigenvalue weighted by Crippen LogP contribution is 2.27. The molecule has 5 heteroatoms. The first kappa shape index (κ1) is 14.5. The molecule has 1 amide bonds. The molecule has 0 aliphatic carbocycles. The van der Waals surface area contributed by atoms with Gasteiger partial charge in [0.1, 0.15) is 0 Å². The van der Waals surface area contributed by atoms with E-state index in [-0.39, 0.29) is 11.8 Å². The van der Waals surface area contributed by atoms with E-state index in [1.165, 1.54) is 23.3 Å². The maximum Gasteiger partial charge on any atom is 0.273 e. The van der Waals surface area contributed by atoms with E-state index in [4.69, 9.17) is 4.42 Å². The molecule has 0 unspecified atom stereocenters. The molecular weight excluding hydrogens is 296 g/mol. The Bertz CT molecular complexity index is 735. The van der Waals surface area contributed by atoms with Gasteiger partial charge in [-0.15, -0.1) is 11.3 Å². The quantitative estimate of drug-likeness (QED) is 0.776. The first-order valence-corrected chi connectivity index (χ1v) is 7.94. The van der Waals surface area contributed by atoms with Crippen LogP contribution in [0.15, 0.2) is 58.7 Å². The molecule has 0 radical (unpaired) electrons. The summed E-state index contributed by atoms with van der Waals surface area (Å²) in [6.45, 7) is 2.64. The number of benzene rings is 1. The SMILES string of the molecule is C[C@H](CNC(=O)c1ncoc1-c1cccs1)c1ccccc1. The average Bonchev–Trinajstić information content (AvgIpc) is 3.23. The highest BCUT2D eigenvalue weighted by molar-refractivity contribution is 7.13. The minimum absolute atomic E-state index is 0.208. The highest BCUT2D eigenvalue weighted by atomic mass is 32.1. The van der Waals surface area contributed by atoms with Crippen LogP contribution in [0, 0.1) is 0 Å². The number of amides is 1. The molecule has 0 saturated carbocycles. The average molecular weight is 312 g/mol. The number of carbonyl (C=O) groups is 1. The number of nitrogens with zero attached hydrogens (tertiary/aromatic N) is 1. The molecule has 2 heterocycles. The van der Waals surface area contributed by atoms with Crippen LogP contribution in [0.2, 0.25) is 0 Å². The molecule has 3 aromatic rings. The number of aromatic nitrogens is 1. The molecule has 0 fully saturated rings. The first-order chi connectivity index (χ1) is 10.8. The molecule has 0 aliphatic rings. The molecular formula is C17H16N2O2S. The summed E-state index contributed by atoms with van der Waals surface area (Å²) in [5.74, 6) is 0.557. The van der Waals surface area contributed by atoms with Gasteiger partial charge in [-0.05, 0) is 22.9 Å². The summed E-state index contributed by atoms with van der Waals surface area (Å²) in [5, 5.41) is 4.87. The number of carbonyl (C=O) groups excluding carboxylic acids is 1. The van der Waals surface area contributed by atoms with Crippen LogP contribution in [0.25, 0.3) is 10.6 Å². The lowest BCUT2D eigenvalue weighted by Gasteiger charge is -2.12. The van der Waals surface area contributed by atoms with Crippen LogP contribution in [0.3, 0.4) is 0 Å². The fourth-order valence-corrected chi connectivity index (χ4v) is 2.93. The summed E-state index contributed by atoms with van der Waals surface area (Å²) in [7, 11) is 0. The number of hydrogen-bond donors (Lipinski definition) is 1. The molecule has 0 aliphatic heterocycles. The Morgan fingerprint density at radius 1 is 1.27 bits per heavy atom. The normalized spacial score (nSPS) is 12.0. The van der Waals surface area contributed by atoms with Gasteiger partial charge in [0.15, 0.2) is 17.8 Å². The monoisotopic (exact) mass is 312 g/mol. The molecule has 112 valence electrons. The summed E-state index contributed by atoms with van der Waals surface area (Å²) < 4.78 is 5.36. The van der Waals surface area contributed by atoms with Crippen molar-refractivity contribution < 1.29 is 9.21 Å². The summed E-state index contributed by atoms with van der Waals surface area (Å²) in [6, 6.07) is 13.9. The Morgan fingerprint density at radius 3 is 2.82 bits per heavy atom. The molecule has 2 aromatic heterocycles. The minimum Gasteiger partial charge on any atom is -0.442 e. The molecule has 22 heavy (non-hydrogen) atoms. The third kappa shape index (κ3) is 3.09. The predicted octanol–water partition coefficient (Wildman–Crippen LogP) is 3.94. The van der Waals surface area contributed by atoms with Crippen molar-refractivity contribution in [3.8, 4) is 10.6 Å². The van der Waals surface area contributed by atoms with Crippen molar-refractivity contribution in [3.63, 3.8) is 0 Å². The summed E-state index contributed by atoms with van der Waals surface area (Å²) in [6.07, 6.45) is 1.31. The van der Waals surface area contributed by atoms with E-state index >= 15 is 0 Å². The van der Waals surface area contributed by atoms with E-state index < -0.39 is 0 Å². The number of oxazole rings is 1. The van der Waals surface area contributed by atoms with Crippen molar-refractivity contribution in [2.45, 2.75) is 12.8 Å². The van der Waals surface area contributed by atoms with E-state index in [2.05, 4.69) is 29.4 Å². The topological polar surface area (TPSA) is 55.1 Å². The number of thiophene rings is 1. The number of nitrogens with one attached hydrogen (secondary N) is 1. The lowest BCUT2D eigenvalue weighted by atomic mass is 10.0. The van der Waals surface area contributed by atoms with E-state index in [0.29, 0.717) is 18.0 Å². The summed E-state index contributed by atoms with van der Waals surface area (Å²) in [4.78, 5) is 17.3. The molecule has 1 aromatic carbocycles. The maximum atomic E-state index is 12.3. The molecule has 1 atom stereocenters. The largest absolute Gasteiger partial charge is 0.442 e. The van der Waals surface area contributed by atoms with E-state index in [1.807, 2.05) is 35.7 Å². The Labute approximate surface area is 132 Å². The highest BCUT2D eigenvalue weighted by Gasteiger charge is 2.19. The second-order valence-electron chi connectivity index (χ2n) is 5.03. The predicted molar refractivity (Wildman–Crippen MR) is 87.0 cm³/mol. The van der Waals surface area contributed by atoms with Gasteiger partial charge in [-0.1, -0.05) is 43.3 Å². The van der Waals surface area contributed by atoms with Gasteiger partial charge in [-0.25, -0.2) is 4.98 Å². The van der Waals surface area contributed by atoms with Crippen molar-refractivity contribution in [1.29, 1.82) is 0 Å². The van der Waals surface area contributed by atoms with Gasteiger partial charge in [0.05, 0.1) is 4.88 Å². The number of hydrogen-bond acceptors (Lipinski definition) is 4. The summed E-state index contributed by atoms with van der Waals surface area (Å²) in [5.41, 5.74) is 1.53. The van der Waals surface area contributed by atoms with Gasteiger partial charge in [-0.3, -0.25) is 4.79 Å². The van der Waals surface area contributed by atoms with Gasteiger partial charge < -0.3 is 9.73 Å².